The molecule has 1 aromatic heterocycles. The van der Waals surface area contributed by atoms with Crippen molar-refractivity contribution in [1.82, 2.24) is 20.5 Å². The van der Waals surface area contributed by atoms with E-state index in [9.17, 15) is 4.79 Å². The summed E-state index contributed by atoms with van der Waals surface area (Å²) >= 11 is 0. The molecule has 6 nitrogen and oxygen atoms in total. The fourth-order valence-electron chi connectivity index (χ4n) is 1.85. The summed E-state index contributed by atoms with van der Waals surface area (Å²) in [5.74, 6) is 0.732. The first-order valence-electron chi connectivity index (χ1n) is 7.34. The predicted octanol–water partition coefficient (Wildman–Crippen LogP) is 0.815. The number of aliphatic imine (C=N–C) groups is 1. The molecule has 0 aliphatic carbocycles. The first-order valence-corrected chi connectivity index (χ1v) is 7.34. The number of carbonyl (C=O) groups is 1. The van der Waals surface area contributed by atoms with Crippen LogP contribution in [0.4, 0.5) is 0 Å². The molecular weight excluding hydrogens is 266 g/mol. The van der Waals surface area contributed by atoms with Gasteiger partial charge in [0.25, 0.3) is 0 Å². The van der Waals surface area contributed by atoms with Crippen molar-refractivity contribution in [3.63, 3.8) is 0 Å². The van der Waals surface area contributed by atoms with Crippen molar-refractivity contribution in [2.45, 2.75) is 27.3 Å². The number of rotatable bonds is 7. The number of amides is 1. The van der Waals surface area contributed by atoms with E-state index in [2.05, 4.69) is 25.5 Å². The van der Waals surface area contributed by atoms with Crippen LogP contribution in [0.15, 0.2) is 29.5 Å². The molecule has 3 N–H and O–H groups in total. The highest BCUT2D eigenvalue weighted by atomic mass is 16.2. The fraction of sp³-hybridized carbons (Fsp3) is 0.600. The third kappa shape index (κ3) is 5.89. The van der Waals surface area contributed by atoms with Crippen molar-refractivity contribution in [1.29, 1.82) is 0 Å². The van der Waals surface area contributed by atoms with Crippen molar-refractivity contribution in [3.8, 4) is 0 Å². The summed E-state index contributed by atoms with van der Waals surface area (Å²) in [5.41, 5.74) is -0.516. The third-order valence-electron chi connectivity index (χ3n) is 3.15. The number of carbonyl (C=O) groups excluding carboxylic acids is 1. The minimum Gasteiger partial charge on any atom is -0.359 e. The summed E-state index contributed by atoms with van der Waals surface area (Å²) in [7, 11) is 1.65. The lowest BCUT2D eigenvalue weighted by Crippen LogP contribution is -2.41. The van der Waals surface area contributed by atoms with Crippen LogP contribution in [-0.2, 0) is 11.3 Å². The molecule has 1 amide bonds. The standard InChI is InChI=1S/C15H27N5O/c1-5-17-14(18-8-11-20-9-6-7-10-20)19-12-15(2,3)13(21)16-4/h6-7,9-10H,5,8,11-12H2,1-4H3,(H,16,21)(H2,17,18,19). The summed E-state index contributed by atoms with van der Waals surface area (Å²) in [5, 5.41) is 9.14. The topological polar surface area (TPSA) is 70.4 Å². The Hall–Kier alpha value is -1.98. The van der Waals surface area contributed by atoms with E-state index in [-0.39, 0.29) is 5.91 Å². The van der Waals surface area contributed by atoms with Gasteiger partial charge in [-0.1, -0.05) is 0 Å². The number of hydrogen-bond acceptors (Lipinski definition) is 2. The SMILES string of the molecule is CCNC(=NCC(C)(C)C(=O)NC)NCCn1cccc1. The highest BCUT2D eigenvalue weighted by Crippen LogP contribution is 2.15. The first-order chi connectivity index (χ1) is 9.99. The van der Waals surface area contributed by atoms with Gasteiger partial charge in [0.05, 0.1) is 12.0 Å². The maximum Gasteiger partial charge on any atom is 0.227 e. The van der Waals surface area contributed by atoms with Gasteiger partial charge < -0.3 is 20.5 Å². The predicted molar refractivity (Wildman–Crippen MR) is 86.3 cm³/mol. The molecule has 0 fully saturated rings. The average molecular weight is 293 g/mol. The van der Waals surface area contributed by atoms with Crippen molar-refractivity contribution < 1.29 is 4.79 Å². The molecule has 0 spiro atoms. The molecule has 118 valence electrons. The van der Waals surface area contributed by atoms with E-state index in [1.807, 2.05) is 45.3 Å². The van der Waals surface area contributed by atoms with Crippen LogP contribution in [0.1, 0.15) is 20.8 Å². The van der Waals surface area contributed by atoms with Gasteiger partial charge in [0, 0.05) is 39.1 Å². The lowest BCUT2D eigenvalue weighted by Gasteiger charge is -2.21. The van der Waals surface area contributed by atoms with Gasteiger partial charge in [-0.2, -0.15) is 0 Å². The number of nitrogens with zero attached hydrogens (tertiary/aromatic N) is 2. The summed E-state index contributed by atoms with van der Waals surface area (Å²) in [6.45, 7) is 8.67. The quantitative estimate of drug-likeness (QED) is 0.515. The van der Waals surface area contributed by atoms with Gasteiger partial charge in [-0.15, -0.1) is 0 Å². The first kappa shape index (κ1) is 17.1. The molecule has 0 aliphatic rings. The maximum absolute atomic E-state index is 11.7. The number of nitrogens with one attached hydrogen (secondary N) is 3. The fourth-order valence-corrected chi connectivity index (χ4v) is 1.85. The Morgan fingerprint density at radius 3 is 2.48 bits per heavy atom. The van der Waals surface area contributed by atoms with Crippen LogP contribution in [0.25, 0.3) is 0 Å². The average Bonchev–Trinajstić information content (AvgIpc) is 2.97. The van der Waals surface area contributed by atoms with Crippen LogP contribution in [0.5, 0.6) is 0 Å². The molecular formula is C15H27N5O. The number of hydrogen-bond donors (Lipinski definition) is 3. The van der Waals surface area contributed by atoms with Gasteiger partial charge >= 0.3 is 0 Å². The van der Waals surface area contributed by atoms with E-state index in [4.69, 9.17) is 0 Å². The molecule has 0 unspecified atom stereocenters. The van der Waals surface area contributed by atoms with Crippen molar-refractivity contribution >= 4 is 11.9 Å². The number of aromatic nitrogens is 1. The van der Waals surface area contributed by atoms with Gasteiger partial charge in [-0.05, 0) is 32.9 Å². The van der Waals surface area contributed by atoms with Crippen molar-refractivity contribution in [3.05, 3.63) is 24.5 Å². The molecule has 0 saturated carbocycles. The minimum absolute atomic E-state index is 0.00515. The van der Waals surface area contributed by atoms with Gasteiger partial charge in [-0.3, -0.25) is 9.79 Å². The van der Waals surface area contributed by atoms with Gasteiger partial charge in [0.2, 0.25) is 5.91 Å². The van der Waals surface area contributed by atoms with Gasteiger partial charge in [0.1, 0.15) is 0 Å². The molecule has 1 rings (SSSR count). The maximum atomic E-state index is 11.7. The number of guanidine groups is 1. The lowest BCUT2D eigenvalue weighted by molar-refractivity contribution is -0.128. The van der Waals surface area contributed by atoms with E-state index in [0.29, 0.717) is 6.54 Å². The van der Waals surface area contributed by atoms with E-state index in [0.717, 1.165) is 25.6 Å². The Bertz CT molecular complexity index is 451. The summed E-state index contributed by atoms with van der Waals surface area (Å²) in [6, 6.07) is 4.01. The molecule has 0 aliphatic heterocycles. The smallest absolute Gasteiger partial charge is 0.227 e. The molecule has 1 aromatic rings. The molecule has 0 aromatic carbocycles. The molecule has 0 atom stereocenters. The Labute approximate surface area is 127 Å². The zero-order chi connectivity index (χ0) is 15.7. The molecule has 6 heteroatoms. The van der Waals surface area contributed by atoms with E-state index in [1.165, 1.54) is 0 Å². The monoisotopic (exact) mass is 293 g/mol. The van der Waals surface area contributed by atoms with Crippen LogP contribution in [0.2, 0.25) is 0 Å². The zero-order valence-corrected chi connectivity index (χ0v) is 13.4. The van der Waals surface area contributed by atoms with Gasteiger partial charge in [0.15, 0.2) is 5.96 Å². The van der Waals surface area contributed by atoms with Crippen molar-refractivity contribution in [2.24, 2.45) is 10.4 Å². The second-order valence-corrected chi connectivity index (χ2v) is 5.51. The summed E-state index contributed by atoms with van der Waals surface area (Å²) < 4.78 is 2.10. The second kappa shape index (κ2) is 8.34. The van der Waals surface area contributed by atoms with E-state index < -0.39 is 5.41 Å². The largest absolute Gasteiger partial charge is 0.359 e. The second-order valence-electron chi connectivity index (χ2n) is 5.51. The molecule has 1 heterocycles. The van der Waals surface area contributed by atoms with Crippen LogP contribution in [-0.4, -0.2) is 43.1 Å². The van der Waals surface area contributed by atoms with Gasteiger partial charge in [-0.25, -0.2) is 0 Å². The highest BCUT2D eigenvalue weighted by Gasteiger charge is 2.26. The molecule has 0 bridgehead atoms. The minimum atomic E-state index is -0.516. The molecule has 0 radical (unpaired) electrons. The highest BCUT2D eigenvalue weighted by molar-refractivity contribution is 5.83. The van der Waals surface area contributed by atoms with E-state index >= 15 is 0 Å². The summed E-state index contributed by atoms with van der Waals surface area (Å²) in [6.07, 6.45) is 4.06. The summed E-state index contributed by atoms with van der Waals surface area (Å²) in [4.78, 5) is 16.2. The Morgan fingerprint density at radius 2 is 1.90 bits per heavy atom. The Balaban J connectivity index is 2.51. The van der Waals surface area contributed by atoms with Crippen molar-refractivity contribution in [2.75, 3.05) is 26.7 Å². The van der Waals surface area contributed by atoms with Crippen LogP contribution < -0.4 is 16.0 Å². The molecule has 21 heavy (non-hydrogen) atoms. The van der Waals surface area contributed by atoms with Crippen LogP contribution >= 0.6 is 0 Å². The lowest BCUT2D eigenvalue weighted by atomic mass is 9.93. The van der Waals surface area contributed by atoms with E-state index in [1.54, 1.807) is 7.05 Å². The van der Waals surface area contributed by atoms with Crippen LogP contribution in [0, 0.1) is 5.41 Å². The zero-order valence-electron chi connectivity index (χ0n) is 13.4. The third-order valence-corrected chi connectivity index (χ3v) is 3.15. The normalized spacial score (nSPS) is 12.1. The van der Waals surface area contributed by atoms with Crippen LogP contribution in [0.3, 0.4) is 0 Å². The Kier molecular flexibility index (Phi) is 6.78. The Morgan fingerprint density at radius 1 is 1.24 bits per heavy atom. The molecule has 0 saturated heterocycles.